The molecule has 1 aromatic carbocycles. The van der Waals surface area contributed by atoms with Crippen LogP contribution in [0.1, 0.15) is 26.5 Å². The lowest BCUT2D eigenvalue weighted by molar-refractivity contribution is -0.121. The Balaban J connectivity index is 1.74. The number of halogens is 1. The van der Waals surface area contributed by atoms with Crippen LogP contribution in [-0.4, -0.2) is 41.5 Å². The number of benzene rings is 1. The molecule has 0 aliphatic carbocycles. The molecule has 1 aromatic heterocycles. The van der Waals surface area contributed by atoms with Gasteiger partial charge < -0.3 is 10.0 Å². The van der Waals surface area contributed by atoms with Crippen molar-refractivity contribution in [3.63, 3.8) is 0 Å². The Morgan fingerprint density at radius 1 is 1.44 bits per heavy atom. The lowest BCUT2D eigenvalue weighted by atomic mass is 10.1. The molecule has 3 rings (SSSR count). The minimum absolute atomic E-state index is 0.0296. The minimum atomic E-state index is -0.913. The summed E-state index contributed by atoms with van der Waals surface area (Å²) in [5.41, 5.74) is 1.69. The van der Waals surface area contributed by atoms with E-state index in [9.17, 15) is 9.59 Å². The molecule has 0 spiro atoms. The van der Waals surface area contributed by atoms with E-state index in [1.807, 2.05) is 37.1 Å². The normalized spacial score (nSPS) is 17.5. The number of carboxylic acid groups (broad SMARTS) is 1. The maximum absolute atomic E-state index is 12.8. The lowest BCUT2D eigenvalue weighted by Gasteiger charge is -2.24. The molecule has 1 N–H and O–H groups in total. The van der Waals surface area contributed by atoms with E-state index in [0.717, 1.165) is 22.5 Å². The highest BCUT2D eigenvalue weighted by Gasteiger charge is 2.36. The first-order valence-electron chi connectivity index (χ1n) is 7.97. The van der Waals surface area contributed by atoms with Crippen LogP contribution in [0.4, 0.5) is 5.69 Å². The second-order valence-corrected chi connectivity index (χ2v) is 7.82. The first-order valence-corrected chi connectivity index (χ1v) is 9.16. The largest absolute Gasteiger partial charge is 0.477 e. The van der Waals surface area contributed by atoms with E-state index in [1.54, 1.807) is 17.0 Å². The summed E-state index contributed by atoms with van der Waals surface area (Å²) in [5.74, 6) is -0.884. The molecule has 0 saturated carbocycles. The summed E-state index contributed by atoms with van der Waals surface area (Å²) >= 11 is 7.49. The van der Waals surface area contributed by atoms with E-state index in [2.05, 4.69) is 0 Å². The number of hydrogen-bond acceptors (Lipinski definition) is 4. The van der Waals surface area contributed by atoms with E-state index < -0.39 is 5.97 Å². The van der Waals surface area contributed by atoms with Gasteiger partial charge in [-0.3, -0.25) is 9.69 Å². The van der Waals surface area contributed by atoms with Crippen molar-refractivity contribution in [3.8, 4) is 0 Å². The zero-order chi connectivity index (χ0) is 18.1. The number of anilines is 1. The zero-order valence-electron chi connectivity index (χ0n) is 14.0. The third-order valence-corrected chi connectivity index (χ3v) is 5.90. The molecule has 1 aliphatic heterocycles. The first-order chi connectivity index (χ1) is 11.9. The van der Waals surface area contributed by atoms with Crippen molar-refractivity contribution in [1.29, 1.82) is 0 Å². The maximum atomic E-state index is 12.8. The Labute approximate surface area is 155 Å². The molecule has 132 valence electrons. The number of carboxylic acids is 1. The summed E-state index contributed by atoms with van der Waals surface area (Å²) in [7, 11) is 1.90. The number of nitrogens with zero attached hydrogens (tertiary/aromatic N) is 2. The van der Waals surface area contributed by atoms with Crippen molar-refractivity contribution in [1.82, 2.24) is 4.90 Å². The summed E-state index contributed by atoms with van der Waals surface area (Å²) in [6.07, 6.45) is 0.718. The van der Waals surface area contributed by atoms with Gasteiger partial charge in [0.15, 0.2) is 0 Å². The number of hydrogen-bond donors (Lipinski definition) is 1. The lowest BCUT2D eigenvalue weighted by Crippen LogP contribution is -2.39. The van der Waals surface area contributed by atoms with E-state index in [1.165, 1.54) is 11.3 Å². The molecule has 2 aromatic rings. The fourth-order valence-corrected chi connectivity index (χ4v) is 4.26. The molecule has 1 unspecified atom stereocenters. The van der Waals surface area contributed by atoms with Crippen LogP contribution in [0.15, 0.2) is 30.3 Å². The zero-order valence-corrected chi connectivity index (χ0v) is 15.6. The standard InChI is InChI=1S/C18H19ClN2O3S/c1-11-12(9-16(25-11)18(23)24)10-20(2)15-7-8-21(17(15)22)14-6-4-3-5-13(14)19/h3-6,9,15H,7-8,10H2,1-2H3,(H,23,24). The third kappa shape index (κ3) is 3.56. The quantitative estimate of drug-likeness (QED) is 0.862. The monoisotopic (exact) mass is 378 g/mol. The third-order valence-electron chi connectivity index (χ3n) is 4.50. The van der Waals surface area contributed by atoms with Crippen molar-refractivity contribution in [2.75, 3.05) is 18.5 Å². The van der Waals surface area contributed by atoms with Crippen molar-refractivity contribution in [2.24, 2.45) is 0 Å². The van der Waals surface area contributed by atoms with Gasteiger partial charge in [-0.25, -0.2) is 4.79 Å². The van der Waals surface area contributed by atoms with Crippen LogP contribution in [0.2, 0.25) is 5.02 Å². The summed E-state index contributed by atoms with van der Waals surface area (Å²) < 4.78 is 0. The number of para-hydroxylation sites is 1. The topological polar surface area (TPSA) is 60.9 Å². The van der Waals surface area contributed by atoms with Gasteiger partial charge in [0.25, 0.3) is 0 Å². The van der Waals surface area contributed by atoms with Gasteiger partial charge >= 0.3 is 5.97 Å². The summed E-state index contributed by atoms with van der Waals surface area (Å²) in [5, 5.41) is 9.69. The van der Waals surface area contributed by atoms with Crippen LogP contribution in [0.5, 0.6) is 0 Å². The van der Waals surface area contributed by atoms with Crippen molar-refractivity contribution >= 4 is 40.5 Å². The highest BCUT2D eigenvalue weighted by atomic mass is 35.5. The number of carbonyl (C=O) groups excluding carboxylic acids is 1. The maximum Gasteiger partial charge on any atom is 0.345 e. The fourth-order valence-electron chi connectivity index (χ4n) is 3.14. The molecular weight excluding hydrogens is 360 g/mol. The Morgan fingerprint density at radius 3 is 2.80 bits per heavy atom. The SMILES string of the molecule is Cc1sc(C(=O)O)cc1CN(C)C1CCN(c2ccccc2Cl)C1=O. The van der Waals surface area contributed by atoms with Gasteiger partial charge in [0.1, 0.15) is 4.88 Å². The fraction of sp³-hybridized carbons (Fsp3) is 0.333. The number of rotatable bonds is 5. The predicted molar refractivity (Wildman–Crippen MR) is 99.7 cm³/mol. The van der Waals surface area contributed by atoms with Crippen LogP contribution in [0.25, 0.3) is 0 Å². The number of thiophene rings is 1. The summed E-state index contributed by atoms with van der Waals surface area (Å²) in [6.45, 7) is 3.08. The highest BCUT2D eigenvalue weighted by molar-refractivity contribution is 7.14. The predicted octanol–water partition coefficient (Wildman–Crippen LogP) is 3.65. The van der Waals surface area contributed by atoms with Gasteiger partial charge in [-0.15, -0.1) is 11.3 Å². The molecule has 1 amide bonds. The van der Waals surface area contributed by atoms with Crippen molar-refractivity contribution < 1.29 is 14.7 Å². The van der Waals surface area contributed by atoms with Crippen LogP contribution in [0, 0.1) is 6.92 Å². The Morgan fingerprint density at radius 2 is 2.16 bits per heavy atom. The number of aromatic carboxylic acids is 1. The molecule has 7 heteroatoms. The highest BCUT2D eigenvalue weighted by Crippen LogP contribution is 2.31. The smallest absolute Gasteiger partial charge is 0.345 e. The first kappa shape index (κ1) is 17.9. The van der Waals surface area contributed by atoms with E-state index in [-0.39, 0.29) is 11.9 Å². The second kappa shape index (κ2) is 7.15. The summed E-state index contributed by atoms with van der Waals surface area (Å²) in [4.78, 5) is 29.0. The molecule has 1 saturated heterocycles. The van der Waals surface area contributed by atoms with Gasteiger partial charge in [-0.1, -0.05) is 23.7 Å². The van der Waals surface area contributed by atoms with Crippen LogP contribution >= 0.6 is 22.9 Å². The van der Waals surface area contributed by atoms with Gasteiger partial charge in [0.2, 0.25) is 5.91 Å². The molecule has 5 nitrogen and oxygen atoms in total. The number of aryl methyl sites for hydroxylation is 1. The van der Waals surface area contributed by atoms with Crippen LogP contribution < -0.4 is 4.90 Å². The molecular formula is C18H19ClN2O3S. The van der Waals surface area contributed by atoms with Gasteiger partial charge in [0.05, 0.1) is 16.8 Å². The Bertz CT molecular complexity index is 820. The van der Waals surface area contributed by atoms with E-state index in [4.69, 9.17) is 16.7 Å². The molecule has 1 aliphatic rings. The molecule has 2 heterocycles. The van der Waals surface area contributed by atoms with Gasteiger partial charge in [0, 0.05) is 18.0 Å². The molecule has 0 radical (unpaired) electrons. The van der Waals surface area contributed by atoms with Gasteiger partial charge in [-0.2, -0.15) is 0 Å². The second-order valence-electron chi connectivity index (χ2n) is 6.16. The van der Waals surface area contributed by atoms with E-state index >= 15 is 0 Å². The number of amides is 1. The summed E-state index contributed by atoms with van der Waals surface area (Å²) in [6, 6.07) is 8.81. The molecule has 0 bridgehead atoms. The molecule has 1 fully saturated rings. The molecule has 1 atom stereocenters. The number of carbonyl (C=O) groups is 2. The van der Waals surface area contributed by atoms with E-state index in [0.29, 0.717) is 23.0 Å². The van der Waals surface area contributed by atoms with Crippen molar-refractivity contribution in [2.45, 2.75) is 25.9 Å². The average molecular weight is 379 g/mol. The van der Waals surface area contributed by atoms with Crippen LogP contribution in [0.3, 0.4) is 0 Å². The average Bonchev–Trinajstić information content (AvgIpc) is 3.12. The van der Waals surface area contributed by atoms with Crippen LogP contribution in [-0.2, 0) is 11.3 Å². The number of likely N-dealkylation sites (N-methyl/N-ethyl adjacent to an activating group) is 1. The Hall–Kier alpha value is -1.89. The Kier molecular flexibility index (Phi) is 5.13. The molecule has 25 heavy (non-hydrogen) atoms. The van der Waals surface area contributed by atoms with Gasteiger partial charge in [-0.05, 0) is 44.2 Å². The van der Waals surface area contributed by atoms with Crippen molar-refractivity contribution in [3.05, 3.63) is 50.7 Å². The minimum Gasteiger partial charge on any atom is -0.477 e.